The summed E-state index contributed by atoms with van der Waals surface area (Å²) in [5.41, 5.74) is 0.664. The van der Waals surface area contributed by atoms with Gasteiger partial charge in [-0.2, -0.15) is 0 Å². The highest BCUT2D eigenvalue weighted by Gasteiger charge is 2.45. The van der Waals surface area contributed by atoms with Gasteiger partial charge in [0.15, 0.2) is 5.96 Å². The van der Waals surface area contributed by atoms with E-state index in [1.807, 2.05) is 26.0 Å². The lowest BCUT2D eigenvalue weighted by atomic mass is 9.95. The summed E-state index contributed by atoms with van der Waals surface area (Å²) in [6, 6.07) is 7.21. The minimum absolute atomic E-state index is 0. The normalized spacial score (nSPS) is 17.1. The number of halogens is 2. The SMILES string of the molecule is CCNC(=NCC1(c2ccccc2F)CC1)NC(C)COC.I. The topological polar surface area (TPSA) is 45.7 Å². The number of aliphatic imine (C=N–C) groups is 1. The second kappa shape index (κ2) is 9.42. The lowest BCUT2D eigenvalue weighted by Gasteiger charge is -2.19. The first kappa shape index (κ1) is 20.2. The molecule has 1 aromatic carbocycles. The highest BCUT2D eigenvalue weighted by molar-refractivity contribution is 14.0. The van der Waals surface area contributed by atoms with Crippen LogP contribution in [0.25, 0.3) is 0 Å². The van der Waals surface area contributed by atoms with Crippen molar-refractivity contribution in [1.82, 2.24) is 10.6 Å². The average molecular weight is 435 g/mol. The van der Waals surface area contributed by atoms with Crippen molar-refractivity contribution in [3.63, 3.8) is 0 Å². The van der Waals surface area contributed by atoms with Crippen LogP contribution < -0.4 is 10.6 Å². The standard InChI is InChI=1S/C17H26FN3O.HI/c1-4-19-16(21-13(2)11-22-3)20-12-17(9-10-17)14-7-5-6-8-15(14)18;/h5-8,13H,4,9-12H2,1-3H3,(H2,19,20,21);1H. The molecule has 1 fully saturated rings. The fraction of sp³-hybridized carbons (Fsp3) is 0.588. The van der Waals surface area contributed by atoms with Crippen LogP contribution in [0.5, 0.6) is 0 Å². The van der Waals surface area contributed by atoms with E-state index in [1.54, 1.807) is 13.2 Å². The Morgan fingerprint density at radius 1 is 1.39 bits per heavy atom. The highest BCUT2D eigenvalue weighted by Crippen LogP contribution is 2.49. The van der Waals surface area contributed by atoms with Gasteiger partial charge in [0.05, 0.1) is 13.2 Å². The minimum atomic E-state index is -0.127. The third kappa shape index (κ3) is 5.60. The van der Waals surface area contributed by atoms with Gasteiger partial charge in [-0.3, -0.25) is 4.99 Å². The lowest BCUT2D eigenvalue weighted by molar-refractivity contribution is 0.179. The van der Waals surface area contributed by atoms with Crippen molar-refractivity contribution in [3.05, 3.63) is 35.6 Å². The van der Waals surface area contributed by atoms with Crippen molar-refractivity contribution in [2.24, 2.45) is 4.99 Å². The zero-order chi connectivity index (χ0) is 16.0. The van der Waals surface area contributed by atoms with E-state index in [4.69, 9.17) is 4.74 Å². The average Bonchev–Trinajstić information content (AvgIpc) is 3.27. The Balaban J connectivity index is 0.00000264. The predicted molar refractivity (Wildman–Crippen MR) is 103 cm³/mol. The Bertz CT molecular complexity index is 520. The summed E-state index contributed by atoms with van der Waals surface area (Å²) < 4.78 is 19.1. The number of rotatable bonds is 7. The van der Waals surface area contributed by atoms with Crippen LogP contribution in [0.4, 0.5) is 4.39 Å². The zero-order valence-corrected chi connectivity index (χ0v) is 16.4. The number of benzene rings is 1. The van der Waals surface area contributed by atoms with E-state index in [0.29, 0.717) is 13.2 Å². The van der Waals surface area contributed by atoms with Crippen LogP contribution in [0.1, 0.15) is 32.3 Å². The quantitative estimate of drug-likeness (QED) is 0.393. The predicted octanol–water partition coefficient (Wildman–Crippen LogP) is 3.07. The molecule has 0 saturated heterocycles. The largest absolute Gasteiger partial charge is 0.383 e. The van der Waals surface area contributed by atoms with Gasteiger partial charge in [0, 0.05) is 25.1 Å². The van der Waals surface area contributed by atoms with Crippen LogP contribution in [0.2, 0.25) is 0 Å². The van der Waals surface area contributed by atoms with Gasteiger partial charge in [-0.15, -0.1) is 24.0 Å². The van der Waals surface area contributed by atoms with Gasteiger partial charge in [0.2, 0.25) is 0 Å². The molecule has 23 heavy (non-hydrogen) atoms. The van der Waals surface area contributed by atoms with E-state index in [0.717, 1.165) is 30.9 Å². The minimum Gasteiger partial charge on any atom is -0.383 e. The molecule has 1 aromatic rings. The van der Waals surface area contributed by atoms with Crippen molar-refractivity contribution >= 4 is 29.9 Å². The van der Waals surface area contributed by atoms with Crippen molar-refractivity contribution in [2.75, 3.05) is 26.8 Å². The van der Waals surface area contributed by atoms with Crippen molar-refractivity contribution in [2.45, 2.75) is 38.1 Å². The second-order valence-corrected chi connectivity index (χ2v) is 5.96. The van der Waals surface area contributed by atoms with Crippen molar-refractivity contribution < 1.29 is 9.13 Å². The monoisotopic (exact) mass is 435 g/mol. The molecule has 1 aliphatic carbocycles. The number of methoxy groups -OCH3 is 1. The molecule has 4 nitrogen and oxygen atoms in total. The Hall–Kier alpha value is -0.890. The molecule has 130 valence electrons. The van der Waals surface area contributed by atoms with Gasteiger partial charge in [-0.1, -0.05) is 18.2 Å². The number of ether oxygens (including phenoxy) is 1. The molecule has 2 rings (SSSR count). The Kier molecular flexibility index (Phi) is 8.25. The van der Waals surface area contributed by atoms with E-state index < -0.39 is 0 Å². The summed E-state index contributed by atoms with van der Waals surface area (Å²) in [5, 5.41) is 6.53. The van der Waals surface area contributed by atoms with Crippen LogP contribution in [-0.2, 0) is 10.2 Å². The van der Waals surface area contributed by atoms with Crippen molar-refractivity contribution in [1.29, 1.82) is 0 Å². The fourth-order valence-corrected chi connectivity index (χ4v) is 2.63. The van der Waals surface area contributed by atoms with E-state index in [2.05, 4.69) is 15.6 Å². The molecule has 1 aliphatic rings. The van der Waals surface area contributed by atoms with Crippen molar-refractivity contribution in [3.8, 4) is 0 Å². The lowest BCUT2D eigenvalue weighted by Crippen LogP contribution is -2.44. The molecule has 1 atom stereocenters. The van der Waals surface area contributed by atoms with Gasteiger partial charge < -0.3 is 15.4 Å². The van der Waals surface area contributed by atoms with Gasteiger partial charge in [0.25, 0.3) is 0 Å². The Labute approximate surface area is 155 Å². The smallest absolute Gasteiger partial charge is 0.191 e. The van der Waals surface area contributed by atoms with Crippen LogP contribution >= 0.6 is 24.0 Å². The summed E-state index contributed by atoms with van der Waals surface area (Å²) in [7, 11) is 1.68. The molecule has 1 saturated carbocycles. The maximum Gasteiger partial charge on any atom is 0.191 e. The number of hydrogen-bond donors (Lipinski definition) is 2. The molecule has 0 spiro atoms. The van der Waals surface area contributed by atoms with E-state index in [9.17, 15) is 4.39 Å². The van der Waals surface area contributed by atoms with E-state index in [-0.39, 0.29) is 41.3 Å². The van der Waals surface area contributed by atoms with Gasteiger partial charge in [0.1, 0.15) is 5.82 Å². The molecule has 6 heteroatoms. The second-order valence-electron chi connectivity index (χ2n) is 5.96. The van der Waals surface area contributed by atoms with Crippen LogP contribution in [0.3, 0.4) is 0 Å². The first-order valence-corrected chi connectivity index (χ1v) is 7.90. The van der Waals surface area contributed by atoms with Crippen LogP contribution in [0, 0.1) is 5.82 Å². The molecule has 0 amide bonds. The molecule has 0 radical (unpaired) electrons. The summed E-state index contributed by atoms with van der Waals surface area (Å²) in [5.74, 6) is 0.635. The maximum absolute atomic E-state index is 14.0. The summed E-state index contributed by atoms with van der Waals surface area (Å²) in [6.45, 7) is 6.08. The molecule has 0 aromatic heterocycles. The molecular formula is C17H27FIN3O. The van der Waals surface area contributed by atoms with Crippen LogP contribution in [0.15, 0.2) is 29.3 Å². The number of nitrogens with one attached hydrogen (secondary N) is 2. The molecule has 0 heterocycles. The van der Waals surface area contributed by atoms with Gasteiger partial charge >= 0.3 is 0 Å². The van der Waals surface area contributed by atoms with Gasteiger partial charge in [-0.05, 0) is 38.3 Å². The summed E-state index contributed by atoms with van der Waals surface area (Å²) >= 11 is 0. The molecule has 2 N–H and O–H groups in total. The first-order valence-electron chi connectivity index (χ1n) is 7.90. The zero-order valence-electron chi connectivity index (χ0n) is 14.1. The molecular weight excluding hydrogens is 408 g/mol. The number of guanidine groups is 1. The van der Waals surface area contributed by atoms with E-state index >= 15 is 0 Å². The van der Waals surface area contributed by atoms with Gasteiger partial charge in [-0.25, -0.2) is 4.39 Å². The highest BCUT2D eigenvalue weighted by atomic mass is 127. The number of hydrogen-bond acceptors (Lipinski definition) is 2. The third-order valence-electron chi connectivity index (χ3n) is 3.98. The summed E-state index contributed by atoms with van der Waals surface area (Å²) in [6.07, 6.45) is 1.98. The molecule has 1 unspecified atom stereocenters. The molecule has 0 bridgehead atoms. The van der Waals surface area contributed by atoms with Crippen LogP contribution in [-0.4, -0.2) is 38.8 Å². The Morgan fingerprint density at radius 2 is 2.09 bits per heavy atom. The molecule has 0 aliphatic heterocycles. The van der Waals surface area contributed by atoms with E-state index in [1.165, 1.54) is 6.07 Å². The third-order valence-corrected chi connectivity index (χ3v) is 3.98. The summed E-state index contributed by atoms with van der Waals surface area (Å²) in [4.78, 5) is 4.66. The Morgan fingerprint density at radius 3 is 2.65 bits per heavy atom. The first-order chi connectivity index (χ1) is 10.6. The number of nitrogens with zero attached hydrogens (tertiary/aromatic N) is 1. The fourth-order valence-electron chi connectivity index (χ4n) is 2.63. The maximum atomic E-state index is 14.0.